The molecule has 0 saturated carbocycles. The van der Waals surface area contributed by atoms with Crippen LogP contribution in [-0.2, 0) is 6.42 Å². The van der Waals surface area contributed by atoms with Crippen molar-refractivity contribution < 1.29 is 9.66 Å². The number of benzene rings is 3. The Balaban J connectivity index is 1.76. The van der Waals surface area contributed by atoms with Gasteiger partial charge in [0.2, 0.25) is 0 Å². The molecular weight excluding hydrogens is 352 g/mol. The van der Waals surface area contributed by atoms with Gasteiger partial charge in [0.25, 0.3) is 5.70 Å². The monoisotopic (exact) mass is 374 g/mol. The fraction of sp³-hybridized carbons (Fsp3) is 0.217. The zero-order valence-electron chi connectivity index (χ0n) is 15.9. The van der Waals surface area contributed by atoms with Gasteiger partial charge >= 0.3 is 0 Å². The number of hydrogen-bond acceptors (Lipinski definition) is 4. The van der Waals surface area contributed by atoms with E-state index >= 15 is 0 Å². The van der Waals surface area contributed by atoms with Gasteiger partial charge in [0.05, 0.1) is 23.3 Å². The van der Waals surface area contributed by atoms with Crippen molar-refractivity contribution in [3.8, 4) is 5.75 Å². The van der Waals surface area contributed by atoms with Crippen LogP contribution in [0.15, 0.2) is 66.4 Å². The molecule has 28 heavy (non-hydrogen) atoms. The summed E-state index contributed by atoms with van der Waals surface area (Å²) in [6.45, 7) is 2.05. The van der Waals surface area contributed by atoms with Crippen LogP contribution in [0.5, 0.6) is 5.75 Å². The average Bonchev–Trinajstić information content (AvgIpc) is 2.72. The van der Waals surface area contributed by atoms with E-state index in [2.05, 4.69) is 29.6 Å². The van der Waals surface area contributed by atoms with E-state index in [-0.39, 0.29) is 16.7 Å². The predicted molar refractivity (Wildman–Crippen MR) is 111 cm³/mol. The Hall–Kier alpha value is -3.34. The van der Waals surface area contributed by atoms with Crippen LogP contribution in [0.2, 0.25) is 0 Å². The Labute approximate surface area is 163 Å². The van der Waals surface area contributed by atoms with Crippen molar-refractivity contribution in [3.63, 3.8) is 0 Å². The molecule has 1 aliphatic carbocycles. The molecule has 3 aromatic carbocycles. The van der Waals surface area contributed by atoms with Crippen LogP contribution in [0, 0.1) is 10.1 Å². The van der Waals surface area contributed by atoms with Crippen molar-refractivity contribution in [1.82, 2.24) is 5.32 Å². The maximum atomic E-state index is 11.9. The first-order valence-electron chi connectivity index (χ1n) is 9.38. The molecule has 0 amide bonds. The minimum absolute atomic E-state index is 0.0526. The largest absolute Gasteiger partial charge is 0.496 e. The van der Waals surface area contributed by atoms with Gasteiger partial charge in [-0.25, -0.2) is 0 Å². The molecule has 0 aliphatic heterocycles. The summed E-state index contributed by atoms with van der Waals surface area (Å²) in [4.78, 5) is 11.6. The molecule has 0 saturated heterocycles. The zero-order valence-corrected chi connectivity index (χ0v) is 15.9. The summed E-state index contributed by atoms with van der Waals surface area (Å²) in [5.41, 5.74) is 3.49. The van der Waals surface area contributed by atoms with E-state index in [4.69, 9.17) is 4.74 Å². The highest BCUT2D eigenvalue weighted by atomic mass is 16.6. The van der Waals surface area contributed by atoms with Crippen LogP contribution >= 0.6 is 0 Å². The number of nitrogens with zero attached hydrogens (tertiary/aromatic N) is 1. The van der Waals surface area contributed by atoms with E-state index in [9.17, 15) is 10.1 Å². The summed E-state index contributed by atoms with van der Waals surface area (Å²) >= 11 is 0. The molecule has 5 nitrogen and oxygen atoms in total. The molecule has 0 spiro atoms. The first-order valence-corrected chi connectivity index (χ1v) is 9.38. The third kappa shape index (κ3) is 3.09. The van der Waals surface area contributed by atoms with Crippen molar-refractivity contribution in [2.24, 2.45) is 0 Å². The number of ether oxygens (including phenoxy) is 1. The van der Waals surface area contributed by atoms with Gasteiger partial charge in [-0.05, 0) is 48.2 Å². The molecule has 0 heterocycles. The standard InChI is InChI=1S/C23H22N2O3/c1-15(17-10-5-8-16-7-3-4-9-18(16)17)24-21-14-13-19-20(23(21)25(26)27)11-6-12-22(19)28-2/h3-12,15,24H,13-14H2,1-2H3/t15-/m0/s1. The predicted octanol–water partition coefficient (Wildman–Crippen LogP) is 5.09. The Kier molecular flexibility index (Phi) is 4.74. The third-order valence-corrected chi connectivity index (χ3v) is 5.38. The summed E-state index contributed by atoms with van der Waals surface area (Å²) in [5, 5.41) is 17.7. The molecule has 0 radical (unpaired) electrons. The van der Waals surface area contributed by atoms with Crippen LogP contribution in [0.4, 0.5) is 0 Å². The van der Waals surface area contributed by atoms with Crippen LogP contribution in [0.1, 0.15) is 36.1 Å². The number of fused-ring (bicyclic) bond motifs is 2. The Morgan fingerprint density at radius 2 is 1.79 bits per heavy atom. The van der Waals surface area contributed by atoms with Crippen LogP contribution < -0.4 is 10.1 Å². The second kappa shape index (κ2) is 7.35. The van der Waals surface area contributed by atoms with E-state index in [0.29, 0.717) is 29.9 Å². The van der Waals surface area contributed by atoms with Gasteiger partial charge in [0.1, 0.15) is 5.75 Å². The Bertz CT molecular complexity index is 1080. The third-order valence-electron chi connectivity index (χ3n) is 5.38. The van der Waals surface area contributed by atoms with Crippen LogP contribution in [-0.4, -0.2) is 12.0 Å². The number of methoxy groups -OCH3 is 1. The maximum absolute atomic E-state index is 11.9. The number of nitrogens with one attached hydrogen (secondary N) is 1. The molecule has 142 valence electrons. The normalized spacial score (nSPS) is 14.5. The molecular formula is C23H22N2O3. The lowest BCUT2D eigenvalue weighted by Crippen LogP contribution is -2.25. The lowest BCUT2D eigenvalue weighted by Gasteiger charge is -2.24. The molecule has 1 N–H and O–H groups in total. The molecule has 4 rings (SSSR count). The quantitative estimate of drug-likeness (QED) is 0.499. The average molecular weight is 374 g/mol. The van der Waals surface area contributed by atoms with Gasteiger partial charge in [-0.2, -0.15) is 0 Å². The van der Waals surface area contributed by atoms with Crippen molar-refractivity contribution in [2.45, 2.75) is 25.8 Å². The minimum atomic E-state index is -0.282. The van der Waals surface area contributed by atoms with Crippen LogP contribution in [0.25, 0.3) is 16.5 Å². The van der Waals surface area contributed by atoms with Crippen molar-refractivity contribution in [1.29, 1.82) is 0 Å². The van der Waals surface area contributed by atoms with E-state index < -0.39 is 0 Å². The number of nitro groups is 1. The summed E-state index contributed by atoms with van der Waals surface area (Å²) in [6.07, 6.45) is 1.29. The number of allylic oxidation sites excluding steroid dienone is 1. The molecule has 0 bridgehead atoms. The van der Waals surface area contributed by atoms with Crippen LogP contribution in [0.3, 0.4) is 0 Å². The van der Waals surface area contributed by atoms with E-state index in [0.717, 1.165) is 21.9 Å². The van der Waals surface area contributed by atoms with E-state index in [1.807, 2.05) is 31.2 Å². The summed E-state index contributed by atoms with van der Waals surface area (Å²) in [5.74, 6) is 0.706. The van der Waals surface area contributed by atoms with Gasteiger partial charge < -0.3 is 10.1 Å². The molecule has 1 atom stereocenters. The fourth-order valence-electron chi connectivity index (χ4n) is 4.08. The second-order valence-corrected chi connectivity index (χ2v) is 7.01. The van der Waals surface area contributed by atoms with Gasteiger partial charge in [0, 0.05) is 11.6 Å². The van der Waals surface area contributed by atoms with Gasteiger partial charge in [-0.15, -0.1) is 0 Å². The van der Waals surface area contributed by atoms with Crippen molar-refractivity contribution in [3.05, 3.63) is 93.2 Å². The SMILES string of the molecule is COc1cccc2c1CCC(N[C@@H](C)c1cccc3ccccc13)=C2[N+](=O)[O-]. The highest BCUT2D eigenvalue weighted by Gasteiger charge is 2.31. The molecule has 1 aliphatic rings. The maximum Gasteiger partial charge on any atom is 0.295 e. The zero-order chi connectivity index (χ0) is 19.7. The van der Waals surface area contributed by atoms with Gasteiger partial charge in [-0.3, -0.25) is 10.1 Å². The molecule has 0 unspecified atom stereocenters. The van der Waals surface area contributed by atoms with Crippen molar-refractivity contribution in [2.75, 3.05) is 7.11 Å². The lowest BCUT2D eigenvalue weighted by molar-refractivity contribution is -0.377. The Morgan fingerprint density at radius 1 is 1.04 bits per heavy atom. The fourth-order valence-corrected chi connectivity index (χ4v) is 4.08. The molecule has 3 aromatic rings. The lowest BCUT2D eigenvalue weighted by atomic mass is 9.91. The molecule has 0 aromatic heterocycles. The summed E-state index contributed by atoms with van der Waals surface area (Å²) in [6, 6.07) is 19.8. The topological polar surface area (TPSA) is 64.4 Å². The Morgan fingerprint density at radius 3 is 2.57 bits per heavy atom. The number of hydrogen-bond donors (Lipinski definition) is 1. The summed E-state index contributed by atoms with van der Waals surface area (Å²) in [7, 11) is 1.60. The molecule has 0 fully saturated rings. The molecule has 5 heteroatoms. The highest BCUT2D eigenvalue weighted by molar-refractivity contribution is 5.86. The second-order valence-electron chi connectivity index (χ2n) is 7.01. The minimum Gasteiger partial charge on any atom is -0.496 e. The first kappa shape index (κ1) is 18.0. The van der Waals surface area contributed by atoms with Gasteiger partial charge in [-0.1, -0.05) is 48.5 Å². The number of rotatable bonds is 5. The summed E-state index contributed by atoms with van der Waals surface area (Å²) < 4.78 is 5.41. The first-order chi connectivity index (χ1) is 13.6. The highest BCUT2D eigenvalue weighted by Crippen LogP contribution is 2.37. The van der Waals surface area contributed by atoms with E-state index in [1.54, 1.807) is 19.2 Å². The van der Waals surface area contributed by atoms with E-state index in [1.165, 1.54) is 0 Å². The van der Waals surface area contributed by atoms with Gasteiger partial charge in [0.15, 0.2) is 0 Å². The smallest absolute Gasteiger partial charge is 0.295 e. The van der Waals surface area contributed by atoms with Crippen molar-refractivity contribution >= 4 is 16.5 Å².